The van der Waals surface area contributed by atoms with Gasteiger partial charge in [0.15, 0.2) is 16.4 Å². The van der Waals surface area contributed by atoms with Crippen LogP contribution < -0.4 is 25.9 Å². The molecule has 2 saturated heterocycles. The molecule has 1 aromatic carbocycles. The van der Waals surface area contributed by atoms with Gasteiger partial charge in [-0.15, -0.1) is 9.24 Å². The molecular weight excluding hydrogens is 640 g/mol. The van der Waals surface area contributed by atoms with E-state index in [4.69, 9.17) is 14.7 Å². The molecule has 4 aliphatic rings. The number of hydrogen-bond donors (Lipinski definition) is 2. The van der Waals surface area contributed by atoms with Crippen LogP contribution in [0.15, 0.2) is 29.2 Å². The van der Waals surface area contributed by atoms with Gasteiger partial charge in [-0.05, 0) is 93.6 Å². The number of benzene rings is 1. The number of nitrogens with one attached hydrogen (secondary N) is 2. The number of hydrogen-bond acceptors (Lipinski definition) is 8. The molecule has 2 N–H and O–H groups in total. The Labute approximate surface area is 289 Å². The maximum atomic E-state index is 12.1. The van der Waals surface area contributed by atoms with Gasteiger partial charge in [0, 0.05) is 52.6 Å². The number of sulfone groups is 1. The Morgan fingerprint density at radius 3 is 2.58 bits per heavy atom. The van der Waals surface area contributed by atoms with Crippen LogP contribution in [0.3, 0.4) is 0 Å². The Morgan fingerprint density at radius 1 is 1.19 bits per heavy atom. The van der Waals surface area contributed by atoms with Crippen molar-refractivity contribution in [2.45, 2.75) is 86.9 Å². The third-order valence-electron chi connectivity index (χ3n) is 10.3. The zero-order valence-corrected chi connectivity index (χ0v) is 30.6. The number of anilines is 1. The van der Waals surface area contributed by atoms with Gasteiger partial charge < -0.3 is 29.6 Å². The fourth-order valence-corrected chi connectivity index (χ4v) is 8.42. The highest BCUT2D eigenvalue weighted by atomic mass is 32.2. The Balaban J connectivity index is 1.16. The van der Waals surface area contributed by atoms with Gasteiger partial charge >= 0.3 is 0 Å². The second-order valence-corrected chi connectivity index (χ2v) is 18.4. The fraction of sp³-hybridized carbons (Fsp3) is 0.583. The highest BCUT2D eigenvalue weighted by Crippen LogP contribution is 2.40. The minimum atomic E-state index is -3.41. The zero-order chi connectivity index (χ0) is 33.9. The van der Waals surface area contributed by atoms with E-state index in [0.29, 0.717) is 35.5 Å². The standard InChI is InChI=1S/C36H49BN5O4PS/c1-35(37,47)23-42-28(5-4-17-39-32-13-12-29(48(2,43)44)22-34(32)46-20-16-38)21-30-31(6-3-7-33(30)42)40-26-8-10-27(11-9-26)41-18-14-36(15-19-41)24-45-25-36/h7,12-13,21-22,26-27,39-40H,3,6,8-11,14-15,17-20,23-25,37,47H2,1-2H3. The third-order valence-corrected chi connectivity index (χ3v) is 11.6. The van der Waals surface area contributed by atoms with Crippen LogP contribution in [-0.4, -0.2) is 88.6 Å². The van der Waals surface area contributed by atoms with E-state index in [1.807, 2.05) is 6.07 Å². The lowest BCUT2D eigenvalue weighted by atomic mass is 9.76. The van der Waals surface area contributed by atoms with Crippen molar-refractivity contribution in [1.82, 2.24) is 14.8 Å². The van der Waals surface area contributed by atoms with Gasteiger partial charge in [0.2, 0.25) is 0 Å². The Morgan fingerprint density at radius 2 is 1.94 bits per heavy atom. The molecule has 0 amide bonds. The molecule has 0 radical (unpaired) electrons. The van der Waals surface area contributed by atoms with Crippen molar-refractivity contribution in [3.05, 3.63) is 40.5 Å². The number of rotatable bonds is 10. The van der Waals surface area contributed by atoms with E-state index >= 15 is 0 Å². The second-order valence-electron chi connectivity index (χ2n) is 14.8. The molecule has 1 saturated carbocycles. The van der Waals surface area contributed by atoms with Gasteiger partial charge in [0.25, 0.3) is 0 Å². The number of nitrogens with zero attached hydrogens (tertiary/aromatic N) is 3. The van der Waals surface area contributed by atoms with Gasteiger partial charge in [-0.3, -0.25) is 0 Å². The highest BCUT2D eigenvalue weighted by Gasteiger charge is 2.42. The zero-order valence-electron chi connectivity index (χ0n) is 28.6. The minimum absolute atomic E-state index is 0.00711. The summed E-state index contributed by atoms with van der Waals surface area (Å²) in [5, 5.41) is 18.8. The second kappa shape index (κ2) is 14.5. The summed E-state index contributed by atoms with van der Waals surface area (Å²) in [5.74, 6) is 7.01. The molecule has 9 nitrogen and oxygen atoms in total. The van der Waals surface area contributed by atoms with Crippen LogP contribution in [0.2, 0.25) is 0 Å². The summed E-state index contributed by atoms with van der Waals surface area (Å²) < 4.78 is 37.5. The van der Waals surface area contributed by atoms with Crippen LogP contribution >= 0.6 is 9.24 Å². The van der Waals surface area contributed by atoms with Crippen molar-refractivity contribution < 1.29 is 17.9 Å². The van der Waals surface area contributed by atoms with Crippen molar-refractivity contribution in [1.29, 1.82) is 5.26 Å². The number of aromatic nitrogens is 1. The summed E-state index contributed by atoms with van der Waals surface area (Å²) in [6.07, 6.45) is 13.1. The molecule has 0 bridgehead atoms. The minimum Gasteiger partial charge on any atom is -0.477 e. The number of fused-ring (bicyclic) bond motifs is 1. The molecule has 12 heteroatoms. The van der Waals surface area contributed by atoms with Crippen LogP contribution in [0.25, 0.3) is 11.8 Å². The fourth-order valence-electron chi connectivity index (χ4n) is 7.60. The van der Waals surface area contributed by atoms with Gasteiger partial charge in [-0.1, -0.05) is 18.9 Å². The summed E-state index contributed by atoms with van der Waals surface area (Å²) in [6.45, 7) is 7.59. The summed E-state index contributed by atoms with van der Waals surface area (Å²) in [6, 6.07) is 10.0. The average molecular weight is 690 g/mol. The van der Waals surface area contributed by atoms with Crippen LogP contribution in [0.1, 0.15) is 64.0 Å². The van der Waals surface area contributed by atoms with Gasteiger partial charge in [0.05, 0.1) is 36.0 Å². The lowest BCUT2D eigenvalue weighted by Gasteiger charge is -2.49. The van der Waals surface area contributed by atoms with E-state index in [0.717, 1.165) is 44.5 Å². The van der Waals surface area contributed by atoms with Crippen LogP contribution in [0, 0.1) is 28.6 Å². The van der Waals surface area contributed by atoms with E-state index in [-0.39, 0.29) is 16.6 Å². The van der Waals surface area contributed by atoms with Crippen LogP contribution in [0.4, 0.5) is 5.69 Å². The molecule has 6 rings (SSSR count). The quantitative estimate of drug-likeness (QED) is 0.222. The predicted octanol–water partition coefficient (Wildman–Crippen LogP) is 2.18. The molecule has 256 valence electrons. The van der Waals surface area contributed by atoms with Gasteiger partial charge in [-0.25, -0.2) is 8.42 Å². The van der Waals surface area contributed by atoms with Crippen molar-refractivity contribution in [2.75, 3.05) is 51.0 Å². The Bertz CT molecular complexity index is 1830. The van der Waals surface area contributed by atoms with E-state index in [1.54, 1.807) is 6.07 Å². The molecule has 2 aliphatic carbocycles. The van der Waals surface area contributed by atoms with Crippen molar-refractivity contribution >= 4 is 44.4 Å². The normalized spacial score (nSPS) is 23.3. The van der Waals surface area contributed by atoms with E-state index in [2.05, 4.69) is 68.1 Å². The smallest absolute Gasteiger partial charge is 0.175 e. The lowest BCUT2D eigenvalue weighted by Crippen LogP contribution is -2.54. The first-order valence-electron chi connectivity index (χ1n) is 17.3. The number of ether oxygens (including phenoxy) is 2. The molecule has 3 fully saturated rings. The third kappa shape index (κ3) is 8.25. The van der Waals surface area contributed by atoms with E-state index in [1.165, 1.54) is 80.0 Å². The van der Waals surface area contributed by atoms with Crippen molar-refractivity contribution in [2.24, 2.45) is 5.41 Å². The summed E-state index contributed by atoms with van der Waals surface area (Å²) >= 11 is 0. The summed E-state index contributed by atoms with van der Waals surface area (Å²) in [4.78, 5) is 2.90. The first-order valence-corrected chi connectivity index (χ1v) is 19.8. The largest absolute Gasteiger partial charge is 0.477 e. The molecular formula is C36H49BN5O4PS. The van der Waals surface area contributed by atoms with Gasteiger partial charge in [-0.2, -0.15) is 5.26 Å². The monoisotopic (exact) mass is 689 g/mol. The topological polar surface area (TPSA) is 109 Å². The van der Waals surface area contributed by atoms with Crippen molar-refractivity contribution in [3.8, 4) is 23.7 Å². The molecule has 3 heterocycles. The molecule has 2 unspecified atom stereocenters. The average Bonchev–Trinajstić information content (AvgIpc) is 3.38. The number of piperidine rings is 1. The van der Waals surface area contributed by atoms with Crippen molar-refractivity contribution in [3.63, 3.8) is 0 Å². The van der Waals surface area contributed by atoms with Crippen LogP contribution in [-0.2, 0) is 21.1 Å². The summed E-state index contributed by atoms with van der Waals surface area (Å²) in [5.41, 5.74) is 3.40. The first-order chi connectivity index (χ1) is 22.9. The number of nitriles is 1. The van der Waals surface area contributed by atoms with Gasteiger partial charge in [0.1, 0.15) is 19.7 Å². The SMILES string of the molecule is BC(C)(P)Cn1c(C#CCNc2ccc(S(C)(=O)=O)cc2OCC#N)cc2c1=CCCC=2NC1CCC(N2CCC3(CC2)COC3)CC1. The molecule has 2 aliphatic heterocycles. The first kappa shape index (κ1) is 34.9. The lowest BCUT2D eigenvalue weighted by molar-refractivity contribution is -0.143. The Kier molecular flexibility index (Phi) is 10.5. The van der Waals surface area contributed by atoms with E-state index < -0.39 is 9.84 Å². The molecule has 1 spiro atoms. The molecule has 1 aromatic heterocycles. The number of likely N-dealkylation sites (tertiary alicyclic amines) is 1. The molecule has 2 aromatic rings. The predicted molar refractivity (Wildman–Crippen MR) is 197 cm³/mol. The molecule has 48 heavy (non-hydrogen) atoms. The van der Waals surface area contributed by atoms with E-state index in [9.17, 15) is 8.42 Å². The highest BCUT2D eigenvalue weighted by molar-refractivity contribution is 7.90. The maximum Gasteiger partial charge on any atom is 0.175 e. The molecule has 2 atom stereocenters. The summed E-state index contributed by atoms with van der Waals surface area (Å²) in [7, 11) is 1.78. The Hall–Kier alpha value is -2.95. The van der Waals surface area contributed by atoms with Crippen LogP contribution in [0.5, 0.6) is 5.75 Å². The maximum absolute atomic E-state index is 12.1.